The van der Waals surface area contributed by atoms with Crippen LogP contribution < -0.4 is 5.32 Å². The summed E-state index contributed by atoms with van der Waals surface area (Å²) in [5, 5.41) is 13.3. The van der Waals surface area contributed by atoms with Gasteiger partial charge in [-0.15, -0.1) is 0 Å². The highest BCUT2D eigenvalue weighted by Crippen LogP contribution is 2.23. The van der Waals surface area contributed by atoms with Crippen LogP contribution in [0.1, 0.15) is 34.5 Å². The highest BCUT2D eigenvalue weighted by Gasteiger charge is 2.29. The van der Waals surface area contributed by atoms with Gasteiger partial charge in [-0.2, -0.15) is 0 Å². The highest BCUT2D eigenvalue weighted by molar-refractivity contribution is 5.94. The number of aliphatic hydroxyl groups excluding tert-OH is 1. The SMILES string of the molecule is CCOC(=O)C(CNC(=O)c1cccc(C)c1)C(O)c1ccccc1. The molecular formula is C20H23NO4. The van der Waals surface area contributed by atoms with Crippen LogP contribution in [0.15, 0.2) is 54.6 Å². The molecule has 0 aliphatic heterocycles. The Morgan fingerprint density at radius 2 is 1.84 bits per heavy atom. The molecule has 2 N–H and O–H groups in total. The monoisotopic (exact) mass is 341 g/mol. The van der Waals surface area contributed by atoms with Crippen LogP contribution in [0.3, 0.4) is 0 Å². The molecule has 5 heteroatoms. The summed E-state index contributed by atoms with van der Waals surface area (Å²) in [5.41, 5.74) is 2.08. The maximum Gasteiger partial charge on any atom is 0.313 e. The number of rotatable bonds is 7. The van der Waals surface area contributed by atoms with E-state index in [2.05, 4.69) is 5.32 Å². The molecule has 0 saturated carbocycles. The van der Waals surface area contributed by atoms with Crippen molar-refractivity contribution < 1.29 is 19.4 Å². The summed E-state index contributed by atoms with van der Waals surface area (Å²) in [6.07, 6.45) is -1.06. The minimum atomic E-state index is -1.06. The fourth-order valence-corrected chi connectivity index (χ4v) is 2.55. The maximum atomic E-state index is 12.3. The Hall–Kier alpha value is -2.66. The van der Waals surface area contributed by atoms with Gasteiger partial charge in [-0.1, -0.05) is 48.0 Å². The van der Waals surface area contributed by atoms with Gasteiger partial charge < -0.3 is 15.2 Å². The molecule has 2 rings (SSSR count). The Labute approximate surface area is 147 Å². The molecule has 5 nitrogen and oxygen atoms in total. The first kappa shape index (κ1) is 18.7. The molecule has 0 bridgehead atoms. The molecule has 0 heterocycles. The summed E-state index contributed by atoms with van der Waals surface area (Å²) in [5.74, 6) is -1.71. The van der Waals surface area contributed by atoms with E-state index in [4.69, 9.17) is 4.74 Å². The number of ether oxygens (including phenoxy) is 1. The molecule has 0 aliphatic rings. The van der Waals surface area contributed by atoms with Crippen molar-refractivity contribution in [1.29, 1.82) is 0 Å². The number of carbonyl (C=O) groups is 2. The number of carbonyl (C=O) groups excluding carboxylic acids is 2. The quantitative estimate of drug-likeness (QED) is 0.759. The van der Waals surface area contributed by atoms with Crippen LogP contribution in [0, 0.1) is 12.8 Å². The van der Waals surface area contributed by atoms with E-state index in [1.807, 2.05) is 19.1 Å². The van der Waals surface area contributed by atoms with E-state index in [9.17, 15) is 14.7 Å². The molecule has 2 aromatic rings. The van der Waals surface area contributed by atoms with Crippen molar-refractivity contribution in [3.05, 3.63) is 71.3 Å². The van der Waals surface area contributed by atoms with Crippen LogP contribution in [0.25, 0.3) is 0 Å². The third-order valence-corrected chi connectivity index (χ3v) is 3.87. The van der Waals surface area contributed by atoms with Crippen LogP contribution in [0.5, 0.6) is 0 Å². The van der Waals surface area contributed by atoms with Gasteiger partial charge in [0.05, 0.1) is 12.7 Å². The normalized spacial score (nSPS) is 12.9. The topological polar surface area (TPSA) is 75.6 Å². The second-order valence-corrected chi connectivity index (χ2v) is 5.79. The second kappa shape index (κ2) is 8.99. The molecule has 0 fully saturated rings. The smallest absolute Gasteiger partial charge is 0.313 e. The molecule has 0 radical (unpaired) electrons. The lowest BCUT2D eigenvalue weighted by Crippen LogP contribution is -2.37. The summed E-state index contributed by atoms with van der Waals surface area (Å²) >= 11 is 0. The molecule has 2 atom stereocenters. The molecule has 0 aliphatic carbocycles. The number of hydrogen-bond donors (Lipinski definition) is 2. The first-order chi connectivity index (χ1) is 12.0. The summed E-state index contributed by atoms with van der Waals surface area (Å²) in [4.78, 5) is 24.5. The van der Waals surface area contributed by atoms with Gasteiger partial charge in [-0.3, -0.25) is 9.59 Å². The van der Waals surface area contributed by atoms with Gasteiger partial charge in [0.15, 0.2) is 0 Å². The lowest BCUT2D eigenvalue weighted by Gasteiger charge is -2.22. The van der Waals surface area contributed by atoms with Gasteiger partial charge in [0.1, 0.15) is 5.92 Å². The molecule has 2 aromatic carbocycles. The number of hydrogen-bond acceptors (Lipinski definition) is 4. The molecule has 2 unspecified atom stereocenters. The Morgan fingerprint density at radius 1 is 1.12 bits per heavy atom. The first-order valence-corrected chi connectivity index (χ1v) is 8.27. The predicted octanol–water partition coefficient (Wildman–Crippen LogP) is 2.64. The fraction of sp³-hybridized carbons (Fsp3) is 0.300. The number of aryl methyl sites for hydroxylation is 1. The third-order valence-electron chi connectivity index (χ3n) is 3.87. The van der Waals surface area contributed by atoms with Crippen LogP contribution in [-0.4, -0.2) is 30.1 Å². The van der Waals surface area contributed by atoms with Gasteiger partial charge >= 0.3 is 5.97 Å². The highest BCUT2D eigenvalue weighted by atomic mass is 16.5. The lowest BCUT2D eigenvalue weighted by atomic mass is 9.95. The van der Waals surface area contributed by atoms with Crippen molar-refractivity contribution in [2.75, 3.05) is 13.2 Å². The third kappa shape index (κ3) is 5.16. The number of esters is 1. The fourth-order valence-electron chi connectivity index (χ4n) is 2.55. The maximum absolute atomic E-state index is 12.3. The van der Waals surface area contributed by atoms with Gasteiger partial charge in [-0.05, 0) is 31.5 Å². The van der Waals surface area contributed by atoms with Crippen molar-refractivity contribution >= 4 is 11.9 Å². The number of amides is 1. The molecule has 132 valence electrons. The van der Waals surface area contributed by atoms with E-state index >= 15 is 0 Å². The van der Waals surface area contributed by atoms with Gasteiger partial charge in [0.2, 0.25) is 0 Å². The zero-order valence-corrected chi connectivity index (χ0v) is 14.4. The first-order valence-electron chi connectivity index (χ1n) is 8.27. The van der Waals surface area contributed by atoms with Crippen LogP contribution in [0.2, 0.25) is 0 Å². The zero-order valence-electron chi connectivity index (χ0n) is 14.4. The average Bonchev–Trinajstić information content (AvgIpc) is 2.62. The Kier molecular flexibility index (Phi) is 6.71. The van der Waals surface area contributed by atoms with Crippen molar-refractivity contribution in [2.24, 2.45) is 5.92 Å². The largest absolute Gasteiger partial charge is 0.466 e. The van der Waals surface area contributed by atoms with Crippen LogP contribution in [-0.2, 0) is 9.53 Å². The molecule has 0 saturated heterocycles. The average molecular weight is 341 g/mol. The number of aliphatic hydroxyl groups is 1. The van der Waals surface area contributed by atoms with Crippen molar-refractivity contribution in [3.63, 3.8) is 0 Å². The van der Waals surface area contributed by atoms with Crippen molar-refractivity contribution in [2.45, 2.75) is 20.0 Å². The zero-order chi connectivity index (χ0) is 18.2. The lowest BCUT2D eigenvalue weighted by molar-refractivity contribution is -0.151. The van der Waals surface area contributed by atoms with E-state index in [0.717, 1.165) is 5.56 Å². The molecule has 0 aromatic heterocycles. The molecule has 1 amide bonds. The van der Waals surface area contributed by atoms with Crippen LogP contribution >= 0.6 is 0 Å². The van der Waals surface area contributed by atoms with E-state index in [-0.39, 0.29) is 19.1 Å². The molecule has 0 spiro atoms. The Bertz CT molecular complexity index is 715. The van der Waals surface area contributed by atoms with E-state index < -0.39 is 18.0 Å². The van der Waals surface area contributed by atoms with Crippen molar-refractivity contribution in [3.8, 4) is 0 Å². The Morgan fingerprint density at radius 3 is 2.48 bits per heavy atom. The number of benzene rings is 2. The minimum Gasteiger partial charge on any atom is -0.466 e. The second-order valence-electron chi connectivity index (χ2n) is 5.79. The molecular weight excluding hydrogens is 318 g/mol. The van der Waals surface area contributed by atoms with Gasteiger partial charge in [0, 0.05) is 12.1 Å². The summed E-state index contributed by atoms with van der Waals surface area (Å²) in [7, 11) is 0. The minimum absolute atomic E-state index is 0.0122. The summed E-state index contributed by atoms with van der Waals surface area (Å²) in [6.45, 7) is 3.80. The summed E-state index contributed by atoms with van der Waals surface area (Å²) < 4.78 is 5.05. The standard InChI is InChI=1S/C20H23NO4/c1-3-25-20(24)17(18(22)15-9-5-4-6-10-15)13-21-19(23)16-11-7-8-14(2)12-16/h4-12,17-18,22H,3,13H2,1-2H3,(H,21,23). The predicted molar refractivity (Wildman–Crippen MR) is 95.0 cm³/mol. The van der Waals surface area contributed by atoms with Crippen LogP contribution in [0.4, 0.5) is 0 Å². The van der Waals surface area contributed by atoms with E-state index in [1.165, 1.54) is 0 Å². The van der Waals surface area contributed by atoms with Crippen molar-refractivity contribution in [1.82, 2.24) is 5.32 Å². The summed E-state index contributed by atoms with van der Waals surface area (Å²) in [6, 6.07) is 16.0. The van der Waals surface area contributed by atoms with Gasteiger partial charge in [-0.25, -0.2) is 0 Å². The number of nitrogens with one attached hydrogen (secondary N) is 1. The Balaban J connectivity index is 2.11. The van der Waals surface area contributed by atoms with E-state index in [0.29, 0.717) is 11.1 Å². The van der Waals surface area contributed by atoms with E-state index in [1.54, 1.807) is 49.4 Å². The van der Waals surface area contributed by atoms with Gasteiger partial charge in [0.25, 0.3) is 5.91 Å². The molecule has 25 heavy (non-hydrogen) atoms.